The summed E-state index contributed by atoms with van der Waals surface area (Å²) in [5, 5.41) is 3.96. The molecule has 1 aliphatic rings. The first-order chi connectivity index (χ1) is 7.83. The van der Waals surface area contributed by atoms with E-state index in [1.165, 1.54) is 25.0 Å². The van der Waals surface area contributed by atoms with Crippen LogP contribution in [0.4, 0.5) is 0 Å². The van der Waals surface area contributed by atoms with Crippen molar-refractivity contribution in [3.8, 4) is 0 Å². The third kappa shape index (κ3) is 5.18. The van der Waals surface area contributed by atoms with Crippen molar-refractivity contribution in [2.45, 2.75) is 50.0 Å². The summed E-state index contributed by atoms with van der Waals surface area (Å²) >= 11 is 2.01. The Kier molecular flexibility index (Phi) is 5.80. The largest absolute Gasteiger partial charge is 0.315 e. The fourth-order valence-electron chi connectivity index (χ4n) is 1.74. The van der Waals surface area contributed by atoms with Crippen LogP contribution >= 0.6 is 11.8 Å². The quantitative estimate of drug-likeness (QED) is 0.783. The molecule has 0 aromatic heterocycles. The summed E-state index contributed by atoms with van der Waals surface area (Å²) in [5.41, 5.74) is 0. The van der Waals surface area contributed by atoms with Crippen LogP contribution in [0.25, 0.3) is 0 Å². The van der Waals surface area contributed by atoms with Crippen LogP contribution in [0, 0.1) is 0 Å². The summed E-state index contributed by atoms with van der Waals surface area (Å²) in [4.78, 5) is 0. The monoisotopic (exact) mass is 279 g/mol. The average Bonchev–Trinajstić information content (AvgIpc) is 2.24. The van der Waals surface area contributed by atoms with Gasteiger partial charge in [0.05, 0.1) is 10.5 Å². The van der Waals surface area contributed by atoms with Gasteiger partial charge in [-0.2, -0.15) is 11.8 Å². The van der Waals surface area contributed by atoms with Crippen molar-refractivity contribution >= 4 is 21.6 Å². The number of thioether (sulfide) groups is 1. The molecule has 0 saturated carbocycles. The second kappa shape index (κ2) is 6.43. The van der Waals surface area contributed by atoms with Gasteiger partial charge >= 0.3 is 0 Å². The normalized spacial score (nSPS) is 22.6. The summed E-state index contributed by atoms with van der Waals surface area (Å²) < 4.78 is 23.1. The summed E-state index contributed by atoms with van der Waals surface area (Å²) in [6.07, 6.45) is 3.92. The second-order valence-electron chi connectivity index (χ2n) is 5.62. The minimum absolute atomic E-state index is 0.244. The predicted octanol–water partition coefficient (Wildman–Crippen LogP) is 2.07. The lowest BCUT2D eigenvalue weighted by atomic mass is 10.2. The molecule has 1 atom stereocenters. The molecule has 3 nitrogen and oxygen atoms in total. The standard InChI is InChI=1S/C12H25NO2S2/c1-12(2,3)17(14,15)9-7-13-10-11-6-4-5-8-16-11/h11,13H,4-10H2,1-3H3. The topological polar surface area (TPSA) is 46.2 Å². The Morgan fingerprint density at radius 1 is 1.29 bits per heavy atom. The second-order valence-corrected chi connectivity index (χ2v) is 9.89. The molecular formula is C12H25NO2S2. The van der Waals surface area contributed by atoms with Crippen LogP contribution in [0.3, 0.4) is 0 Å². The lowest BCUT2D eigenvalue weighted by molar-refractivity contribution is 0.553. The Bertz CT molecular complexity index is 314. The maximum Gasteiger partial charge on any atom is 0.156 e. The van der Waals surface area contributed by atoms with Crippen LogP contribution in [0.2, 0.25) is 0 Å². The smallest absolute Gasteiger partial charge is 0.156 e. The van der Waals surface area contributed by atoms with Crippen molar-refractivity contribution in [1.82, 2.24) is 5.32 Å². The molecule has 102 valence electrons. The molecule has 1 unspecified atom stereocenters. The molecule has 1 aliphatic heterocycles. The molecular weight excluding hydrogens is 254 g/mol. The van der Waals surface area contributed by atoms with E-state index >= 15 is 0 Å². The summed E-state index contributed by atoms with van der Waals surface area (Å²) in [7, 11) is -2.97. The van der Waals surface area contributed by atoms with Gasteiger partial charge in [-0.05, 0) is 39.4 Å². The van der Waals surface area contributed by atoms with Crippen LogP contribution in [0.5, 0.6) is 0 Å². The number of rotatable bonds is 5. The van der Waals surface area contributed by atoms with Crippen molar-refractivity contribution < 1.29 is 8.42 Å². The Morgan fingerprint density at radius 2 is 2.00 bits per heavy atom. The molecule has 1 fully saturated rings. The van der Waals surface area contributed by atoms with E-state index < -0.39 is 14.6 Å². The zero-order chi connectivity index (χ0) is 12.9. The van der Waals surface area contributed by atoms with Crippen molar-refractivity contribution in [2.75, 3.05) is 24.6 Å². The van der Waals surface area contributed by atoms with E-state index in [1.54, 1.807) is 20.8 Å². The van der Waals surface area contributed by atoms with Crippen LogP contribution in [0.15, 0.2) is 0 Å². The molecule has 1 saturated heterocycles. The van der Waals surface area contributed by atoms with E-state index in [2.05, 4.69) is 5.32 Å². The lowest BCUT2D eigenvalue weighted by Crippen LogP contribution is -2.36. The van der Waals surface area contributed by atoms with Gasteiger partial charge in [0, 0.05) is 18.3 Å². The molecule has 0 bridgehead atoms. The van der Waals surface area contributed by atoms with Gasteiger partial charge in [-0.1, -0.05) is 6.42 Å². The van der Waals surface area contributed by atoms with Crippen LogP contribution in [-0.2, 0) is 9.84 Å². The van der Waals surface area contributed by atoms with E-state index in [0.29, 0.717) is 11.8 Å². The van der Waals surface area contributed by atoms with Crippen molar-refractivity contribution in [1.29, 1.82) is 0 Å². The maximum atomic E-state index is 11.9. The van der Waals surface area contributed by atoms with Crippen molar-refractivity contribution in [3.63, 3.8) is 0 Å². The van der Waals surface area contributed by atoms with Gasteiger partial charge in [-0.3, -0.25) is 0 Å². The van der Waals surface area contributed by atoms with Gasteiger partial charge in [-0.25, -0.2) is 8.42 Å². The number of sulfone groups is 1. The number of hydrogen-bond acceptors (Lipinski definition) is 4. The summed E-state index contributed by atoms with van der Waals surface area (Å²) in [6, 6.07) is 0. The molecule has 0 spiro atoms. The van der Waals surface area contributed by atoms with Gasteiger partial charge < -0.3 is 5.32 Å². The first-order valence-corrected chi connectivity index (χ1v) is 9.08. The zero-order valence-corrected chi connectivity index (χ0v) is 12.8. The van der Waals surface area contributed by atoms with Crippen LogP contribution < -0.4 is 5.32 Å². The van der Waals surface area contributed by atoms with Gasteiger partial charge in [0.25, 0.3) is 0 Å². The third-order valence-electron chi connectivity index (χ3n) is 3.13. The average molecular weight is 279 g/mol. The Labute approximate surface area is 110 Å². The van der Waals surface area contributed by atoms with Gasteiger partial charge in [-0.15, -0.1) is 0 Å². The molecule has 0 aliphatic carbocycles. The first-order valence-electron chi connectivity index (χ1n) is 6.37. The molecule has 1 rings (SSSR count). The first kappa shape index (κ1) is 15.3. The van der Waals surface area contributed by atoms with Gasteiger partial charge in [0.2, 0.25) is 0 Å². The molecule has 0 aromatic rings. The molecule has 1 N–H and O–H groups in total. The predicted molar refractivity (Wildman–Crippen MR) is 76.5 cm³/mol. The Morgan fingerprint density at radius 3 is 2.53 bits per heavy atom. The molecule has 1 heterocycles. The zero-order valence-electron chi connectivity index (χ0n) is 11.2. The van der Waals surface area contributed by atoms with Gasteiger partial charge in [0.1, 0.15) is 0 Å². The van der Waals surface area contributed by atoms with Crippen molar-refractivity contribution in [2.24, 2.45) is 0 Å². The summed E-state index contributed by atoms with van der Waals surface area (Å²) in [5.74, 6) is 1.50. The van der Waals surface area contributed by atoms with Crippen molar-refractivity contribution in [3.05, 3.63) is 0 Å². The Hall–Kier alpha value is 0.260. The molecule has 0 aromatic carbocycles. The fraction of sp³-hybridized carbons (Fsp3) is 1.00. The summed E-state index contributed by atoms with van der Waals surface area (Å²) in [6.45, 7) is 6.82. The van der Waals surface area contributed by atoms with Crippen LogP contribution in [-0.4, -0.2) is 43.0 Å². The SMILES string of the molecule is CC(C)(C)S(=O)(=O)CCNCC1CCCCS1. The van der Waals surface area contributed by atoms with E-state index in [4.69, 9.17) is 0 Å². The molecule has 5 heteroatoms. The number of hydrogen-bond donors (Lipinski definition) is 1. The highest BCUT2D eigenvalue weighted by Gasteiger charge is 2.28. The fourth-order valence-corrected chi connectivity index (χ4v) is 4.04. The highest BCUT2D eigenvalue weighted by molar-refractivity contribution is 7.99. The number of nitrogens with one attached hydrogen (secondary N) is 1. The minimum atomic E-state index is -2.97. The van der Waals surface area contributed by atoms with E-state index in [9.17, 15) is 8.42 Å². The highest BCUT2D eigenvalue weighted by Crippen LogP contribution is 2.24. The van der Waals surface area contributed by atoms with Crippen LogP contribution in [0.1, 0.15) is 40.0 Å². The molecule has 0 radical (unpaired) electrons. The molecule has 0 amide bonds. The molecule has 17 heavy (non-hydrogen) atoms. The third-order valence-corrected chi connectivity index (χ3v) is 7.13. The van der Waals surface area contributed by atoms with E-state index in [-0.39, 0.29) is 5.75 Å². The van der Waals surface area contributed by atoms with E-state index in [0.717, 1.165) is 6.54 Å². The van der Waals surface area contributed by atoms with E-state index in [1.807, 2.05) is 11.8 Å². The lowest BCUT2D eigenvalue weighted by Gasteiger charge is -2.22. The minimum Gasteiger partial charge on any atom is -0.315 e. The maximum absolute atomic E-state index is 11.9. The van der Waals surface area contributed by atoms with Gasteiger partial charge in [0.15, 0.2) is 9.84 Å². The Balaban J connectivity index is 2.19. The highest BCUT2D eigenvalue weighted by atomic mass is 32.2.